The first-order chi connectivity index (χ1) is 11.8. The summed E-state index contributed by atoms with van der Waals surface area (Å²) in [4.78, 5) is 23.9. The molecule has 1 amide bonds. The molecule has 0 saturated heterocycles. The fourth-order valence-electron chi connectivity index (χ4n) is 2.79. The number of ether oxygens (including phenoxy) is 2. The monoisotopic (exact) mass is 330 g/mol. The maximum atomic E-state index is 12.3. The highest BCUT2D eigenvalue weighted by atomic mass is 16.5. The maximum Gasteiger partial charge on any atom is 0.223 e. The largest absolute Gasteiger partial charge is 0.475 e. The van der Waals surface area contributed by atoms with Crippen LogP contribution in [0, 0.1) is 5.92 Å². The predicted octanol–water partition coefficient (Wildman–Crippen LogP) is 1.25. The van der Waals surface area contributed by atoms with Crippen molar-refractivity contribution in [1.29, 1.82) is 0 Å². The van der Waals surface area contributed by atoms with Crippen LogP contribution in [0.3, 0.4) is 0 Å². The zero-order valence-corrected chi connectivity index (χ0v) is 13.7. The predicted molar refractivity (Wildman–Crippen MR) is 87.6 cm³/mol. The van der Waals surface area contributed by atoms with Gasteiger partial charge < -0.3 is 19.8 Å². The highest BCUT2D eigenvalue weighted by molar-refractivity contribution is 5.79. The van der Waals surface area contributed by atoms with Gasteiger partial charge >= 0.3 is 0 Å². The molecule has 2 N–H and O–H groups in total. The number of H-pyrrole nitrogens is 1. The molecule has 1 aliphatic rings. The fraction of sp³-hybridized carbons (Fsp3) is 0.471. The Labute approximate surface area is 140 Å². The Balaban J connectivity index is 1.46. The van der Waals surface area contributed by atoms with Gasteiger partial charge in [-0.3, -0.25) is 4.79 Å². The van der Waals surface area contributed by atoms with E-state index < -0.39 is 0 Å². The molecule has 2 aromatic heterocycles. The SMILES string of the molecule is COCCOc1ccc(CNC(=O)[C@@H]2CCc3nc[nH]c3C2)cn1. The summed E-state index contributed by atoms with van der Waals surface area (Å²) in [5, 5.41) is 2.99. The summed E-state index contributed by atoms with van der Waals surface area (Å²) in [6, 6.07) is 3.71. The minimum absolute atomic E-state index is 0.00237. The van der Waals surface area contributed by atoms with Gasteiger partial charge in [-0.15, -0.1) is 0 Å². The second-order valence-corrected chi connectivity index (χ2v) is 5.83. The summed E-state index contributed by atoms with van der Waals surface area (Å²) in [5.74, 6) is 0.638. The van der Waals surface area contributed by atoms with Crippen molar-refractivity contribution in [3.8, 4) is 5.88 Å². The third-order valence-electron chi connectivity index (χ3n) is 4.16. The smallest absolute Gasteiger partial charge is 0.223 e. The Hall–Kier alpha value is -2.41. The summed E-state index contributed by atoms with van der Waals surface area (Å²) in [6.45, 7) is 1.46. The number of rotatable bonds is 7. The van der Waals surface area contributed by atoms with Crippen molar-refractivity contribution in [3.05, 3.63) is 41.6 Å². The van der Waals surface area contributed by atoms with Crippen LogP contribution >= 0.6 is 0 Å². The van der Waals surface area contributed by atoms with Crippen LogP contribution in [-0.4, -0.2) is 41.2 Å². The molecule has 0 spiro atoms. The number of methoxy groups -OCH3 is 1. The molecule has 0 aromatic carbocycles. The van der Waals surface area contributed by atoms with Crippen LogP contribution in [0.1, 0.15) is 23.4 Å². The molecule has 24 heavy (non-hydrogen) atoms. The first-order valence-electron chi connectivity index (χ1n) is 8.11. The lowest BCUT2D eigenvalue weighted by Gasteiger charge is -2.20. The average molecular weight is 330 g/mol. The van der Waals surface area contributed by atoms with E-state index in [1.54, 1.807) is 25.7 Å². The van der Waals surface area contributed by atoms with Crippen LogP contribution in [0.15, 0.2) is 24.7 Å². The van der Waals surface area contributed by atoms with Gasteiger partial charge in [0.2, 0.25) is 11.8 Å². The van der Waals surface area contributed by atoms with E-state index in [0.717, 1.165) is 36.2 Å². The number of hydrogen-bond acceptors (Lipinski definition) is 5. The molecule has 128 valence electrons. The molecular formula is C17H22N4O3. The Morgan fingerprint density at radius 1 is 1.38 bits per heavy atom. The van der Waals surface area contributed by atoms with E-state index in [1.807, 2.05) is 6.07 Å². The molecule has 0 bridgehead atoms. The van der Waals surface area contributed by atoms with Gasteiger partial charge in [0.05, 0.1) is 18.6 Å². The summed E-state index contributed by atoms with van der Waals surface area (Å²) >= 11 is 0. The van der Waals surface area contributed by atoms with Crippen molar-refractivity contribution in [2.24, 2.45) is 5.92 Å². The quantitative estimate of drug-likeness (QED) is 0.746. The maximum absolute atomic E-state index is 12.3. The second-order valence-electron chi connectivity index (χ2n) is 5.83. The van der Waals surface area contributed by atoms with E-state index in [2.05, 4.69) is 20.3 Å². The lowest BCUT2D eigenvalue weighted by Crippen LogP contribution is -2.33. The summed E-state index contributed by atoms with van der Waals surface area (Å²) in [5.41, 5.74) is 3.12. The van der Waals surface area contributed by atoms with Crippen molar-refractivity contribution in [2.45, 2.75) is 25.8 Å². The molecule has 0 unspecified atom stereocenters. The Kier molecular flexibility index (Phi) is 5.43. The molecule has 7 nitrogen and oxygen atoms in total. The topological polar surface area (TPSA) is 89.1 Å². The minimum atomic E-state index is 0.00237. The molecule has 2 aromatic rings. The highest BCUT2D eigenvalue weighted by Crippen LogP contribution is 2.23. The van der Waals surface area contributed by atoms with Gasteiger partial charge in [0.1, 0.15) is 6.61 Å². The highest BCUT2D eigenvalue weighted by Gasteiger charge is 2.25. The molecule has 2 heterocycles. The van der Waals surface area contributed by atoms with Gasteiger partial charge in [-0.1, -0.05) is 6.07 Å². The molecular weight excluding hydrogens is 308 g/mol. The second kappa shape index (κ2) is 7.92. The van der Waals surface area contributed by atoms with Crippen LogP contribution in [0.25, 0.3) is 0 Å². The van der Waals surface area contributed by atoms with Crippen LogP contribution in [0.2, 0.25) is 0 Å². The van der Waals surface area contributed by atoms with Crippen LogP contribution < -0.4 is 10.1 Å². The number of aromatic nitrogens is 3. The van der Waals surface area contributed by atoms with E-state index in [-0.39, 0.29) is 11.8 Å². The Morgan fingerprint density at radius 2 is 2.29 bits per heavy atom. The number of aromatic amines is 1. The van der Waals surface area contributed by atoms with Crippen molar-refractivity contribution in [1.82, 2.24) is 20.3 Å². The number of carbonyl (C=O) groups excluding carboxylic acids is 1. The number of hydrogen-bond donors (Lipinski definition) is 2. The molecule has 1 atom stereocenters. The Morgan fingerprint density at radius 3 is 3.08 bits per heavy atom. The zero-order chi connectivity index (χ0) is 16.8. The van der Waals surface area contributed by atoms with Gasteiger partial charge in [-0.25, -0.2) is 9.97 Å². The number of pyridine rings is 1. The molecule has 7 heteroatoms. The lowest BCUT2D eigenvalue weighted by atomic mass is 9.89. The number of nitrogens with zero attached hydrogens (tertiary/aromatic N) is 2. The molecule has 0 fully saturated rings. The number of carbonyl (C=O) groups is 1. The first kappa shape index (κ1) is 16.4. The van der Waals surface area contributed by atoms with E-state index >= 15 is 0 Å². The van der Waals surface area contributed by atoms with E-state index in [0.29, 0.717) is 25.6 Å². The number of imidazole rings is 1. The summed E-state index contributed by atoms with van der Waals surface area (Å²) < 4.78 is 10.3. The number of nitrogens with one attached hydrogen (secondary N) is 2. The lowest BCUT2D eigenvalue weighted by molar-refractivity contribution is -0.125. The zero-order valence-electron chi connectivity index (χ0n) is 13.7. The molecule has 1 aliphatic carbocycles. The van der Waals surface area contributed by atoms with Gasteiger partial charge in [-0.2, -0.15) is 0 Å². The molecule has 3 rings (SSSR count). The number of fused-ring (bicyclic) bond motifs is 1. The normalized spacial score (nSPS) is 16.5. The van der Waals surface area contributed by atoms with Crippen LogP contribution in [0.4, 0.5) is 0 Å². The van der Waals surface area contributed by atoms with Crippen LogP contribution in [0.5, 0.6) is 5.88 Å². The summed E-state index contributed by atoms with van der Waals surface area (Å²) in [6.07, 6.45) is 5.84. The van der Waals surface area contributed by atoms with Crippen molar-refractivity contribution < 1.29 is 14.3 Å². The molecule has 0 aliphatic heterocycles. The van der Waals surface area contributed by atoms with E-state index in [4.69, 9.17) is 9.47 Å². The standard InChI is InChI=1S/C17H22N4O3/c1-23-6-7-24-16-5-2-12(9-18-16)10-19-17(22)13-3-4-14-15(8-13)21-11-20-14/h2,5,9,11,13H,3-4,6-8,10H2,1H3,(H,19,22)(H,20,21)/t13-/m1/s1. The third-order valence-corrected chi connectivity index (χ3v) is 4.16. The van der Waals surface area contributed by atoms with Gasteiger partial charge in [0.25, 0.3) is 0 Å². The third kappa shape index (κ3) is 4.11. The van der Waals surface area contributed by atoms with E-state index in [1.165, 1.54) is 0 Å². The van der Waals surface area contributed by atoms with Crippen LogP contribution in [-0.2, 0) is 28.9 Å². The molecule has 0 saturated carbocycles. The minimum Gasteiger partial charge on any atom is -0.475 e. The fourth-order valence-corrected chi connectivity index (χ4v) is 2.79. The first-order valence-corrected chi connectivity index (χ1v) is 8.11. The number of aryl methyl sites for hydroxylation is 1. The van der Waals surface area contributed by atoms with Gasteiger partial charge in [0, 0.05) is 44.0 Å². The van der Waals surface area contributed by atoms with Gasteiger partial charge in [0.15, 0.2) is 0 Å². The van der Waals surface area contributed by atoms with E-state index in [9.17, 15) is 4.79 Å². The van der Waals surface area contributed by atoms with Gasteiger partial charge in [-0.05, 0) is 18.4 Å². The Bertz CT molecular complexity index is 669. The number of amides is 1. The molecule has 0 radical (unpaired) electrons. The summed E-state index contributed by atoms with van der Waals surface area (Å²) in [7, 11) is 1.63. The van der Waals surface area contributed by atoms with Crippen molar-refractivity contribution in [3.63, 3.8) is 0 Å². The average Bonchev–Trinajstić information content (AvgIpc) is 3.08. The van der Waals surface area contributed by atoms with Crippen molar-refractivity contribution >= 4 is 5.91 Å². The van der Waals surface area contributed by atoms with Crippen molar-refractivity contribution in [2.75, 3.05) is 20.3 Å².